The third-order valence-electron chi connectivity index (χ3n) is 2.74. The van der Waals surface area contributed by atoms with E-state index in [1.807, 2.05) is 30.3 Å². The molecule has 6 heteroatoms. The smallest absolute Gasteiger partial charge is 0.358 e. The maximum atomic E-state index is 10.7. The first kappa shape index (κ1) is 12.2. The van der Waals surface area contributed by atoms with Crippen molar-refractivity contribution in [2.75, 3.05) is 0 Å². The van der Waals surface area contributed by atoms with Gasteiger partial charge >= 0.3 is 5.97 Å². The second kappa shape index (κ2) is 5.00. The molecule has 100 valence electrons. The molecule has 1 aromatic carbocycles. The van der Waals surface area contributed by atoms with Crippen molar-refractivity contribution in [3.05, 3.63) is 54.0 Å². The highest BCUT2D eigenvalue weighted by Gasteiger charge is 2.11. The number of ether oxygens (including phenoxy) is 1. The van der Waals surface area contributed by atoms with Gasteiger partial charge < -0.3 is 14.4 Å². The summed E-state index contributed by atoms with van der Waals surface area (Å²) < 4.78 is 10.4. The Labute approximate surface area is 113 Å². The van der Waals surface area contributed by atoms with Crippen LogP contribution in [0.2, 0.25) is 0 Å². The minimum absolute atomic E-state index is 0.110. The van der Waals surface area contributed by atoms with Crippen molar-refractivity contribution < 1.29 is 19.2 Å². The van der Waals surface area contributed by atoms with Gasteiger partial charge in [-0.2, -0.15) is 0 Å². The van der Waals surface area contributed by atoms with Crippen molar-refractivity contribution >= 4 is 16.9 Å². The van der Waals surface area contributed by atoms with Gasteiger partial charge in [-0.1, -0.05) is 11.2 Å². The van der Waals surface area contributed by atoms with Crippen LogP contribution in [-0.2, 0) is 6.61 Å². The number of carbonyl (C=O) groups is 1. The summed E-state index contributed by atoms with van der Waals surface area (Å²) in [7, 11) is 0. The first-order chi connectivity index (χ1) is 9.72. The SMILES string of the molecule is O=C(O)c1cc(COc2ccc3cccnc3c2)on1. The van der Waals surface area contributed by atoms with Crippen molar-refractivity contribution in [3.63, 3.8) is 0 Å². The van der Waals surface area contributed by atoms with Crippen molar-refractivity contribution in [3.8, 4) is 5.75 Å². The quantitative estimate of drug-likeness (QED) is 0.783. The van der Waals surface area contributed by atoms with E-state index >= 15 is 0 Å². The van der Waals surface area contributed by atoms with Gasteiger partial charge in [0.15, 0.2) is 11.5 Å². The van der Waals surface area contributed by atoms with Crippen LogP contribution in [0.3, 0.4) is 0 Å². The number of aromatic carboxylic acids is 1. The van der Waals surface area contributed by atoms with Crippen LogP contribution in [0.25, 0.3) is 10.9 Å². The highest BCUT2D eigenvalue weighted by molar-refractivity contribution is 5.85. The molecule has 0 amide bonds. The van der Waals surface area contributed by atoms with Gasteiger partial charge in [-0.25, -0.2) is 4.79 Å². The van der Waals surface area contributed by atoms with Gasteiger partial charge in [-0.3, -0.25) is 4.98 Å². The number of hydrogen-bond acceptors (Lipinski definition) is 5. The summed E-state index contributed by atoms with van der Waals surface area (Å²) in [5.74, 6) is -0.150. The fourth-order valence-corrected chi connectivity index (χ4v) is 1.77. The lowest BCUT2D eigenvalue weighted by molar-refractivity contribution is 0.0685. The van der Waals surface area contributed by atoms with Gasteiger partial charge in [0.25, 0.3) is 0 Å². The van der Waals surface area contributed by atoms with E-state index in [0.717, 1.165) is 10.9 Å². The van der Waals surface area contributed by atoms with Crippen LogP contribution in [-0.4, -0.2) is 21.2 Å². The highest BCUT2D eigenvalue weighted by atomic mass is 16.5. The fourth-order valence-electron chi connectivity index (χ4n) is 1.77. The Morgan fingerprint density at radius 1 is 1.30 bits per heavy atom. The molecule has 0 radical (unpaired) electrons. The molecular weight excluding hydrogens is 260 g/mol. The Hall–Kier alpha value is -2.89. The number of benzene rings is 1. The first-order valence-corrected chi connectivity index (χ1v) is 5.89. The van der Waals surface area contributed by atoms with Crippen molar-refractivity contribution in [1.29, 1.82) is 0 Å². The summed E-state index contributed by atoms with van der Waals surface area (Å²) in [6.45, 7) is 0.110. The van der Waals surface area contributed by atoms with E-state index in [1.165, 1.54) is 6.07 Å². The molecule has 20 heavy (non-hydrogen) atoms. The lowest BCUT2D eigenvalue weighted by Gasteiger charge is -2.04. The van der Waals surface area contributed by atoms with E-state index in [4.69, 9.17) is 14.4 Å². The van der Waals surface area contributed by atoms with Gasteiger partial charge in [-0.05, 0) is 18.2 Å². The molecule has 2 aromatic heterocycles. The Balaban J connectivity index is 1.74. The van der Waals surface area contributed by atoms with Crippen LogP contribution in [0, 0.1) is 0 Å². The molecule has 1 N–H and O–H groups in total. The normalized spacial score (nSPS) is 10.6. The number of rotatable bonds is 4. The van der Waals surface area contributed by atoms with Gasteiger partial charge in [-0.15, -0.1) is 0 Å². The number of carboxylic acid groups (broad SMARTS) is 1. The highest BCUT2D eigenvalue weighted by Crippen LogP contribution is 2.19. The monoisotopic (exact) mass is 270 g/mol. The van der Waals surface area contributed by atoms with Gasteiger partial charge in [0.1, 0.15) is 12.4 Å². The molecule has 0 atom stereocenters. The summed E-state index contributed by atoms with van der Waals surface area (Å²) in [6.07, 6.45) is 1.71. The Morgan fingerprint density at radius 2 is 2.20 bits per heavy atom. The van der Waals surface area contributed by atoms with E-state index < -0.39 is 5.97 Å². The second-order valence-corrected chi connectivity index (χ2v) is 4.13. The van der Waals surface area contributed by atoms with E-state index in [0.29, 0.717) is 11.5 Å². The zero-order valence-corrected chi connectivity index (χ0v) is 10.3. The third kappa shape index (κ3) is 2.44. The minimum atomic E-state index is -1.13. The van der Waals surface area contributed by atoms with Crippen LogP contribution in [0.5, 0.6) is 5.75 Å². The number of nitrogens with zero attached hydrogens (tertiary/aromatic N) is 2. The number of aromatic nitrogens is 2. The molecule has 0 aliphatic heterocycles. The lowest BCUT2D eigenvalue weighted by Crippen LogP contribution is -1.96. The fraction of sp³-hybridized carbons (Fsp3) is 0.0714. The number of fused-ring (bicyclic) bond motifs is 1. The Bertz CT molecular complexity index is 766. The first-order valence-electron chi connectivity index (χ1n) is 5.89. The van der Waals surface area contributed by atoms with Crippen molar-refractivity contribution in [2.24, 2.45) is 0 Å². The van der Waals surface area contributed by atoms with E-state index in [1.54, 1.807) is 6.20 Å². The van der Waals surface area contributed by atoms with E-state index in [2.05, 4.69) is 10.1 Å². The average molecular weight is 270 g/mol. The molecule has 3 aromatic rings. The summed E-state index contributed by atoms with van der Waals surface area (Å²) in [5, 5.41) is 13.2. The lowest BCUT2D eigenvalue weighted by atomic mass is 10.2. The number of carboxylic acids is 1. The van der Waals surface area contributed by atoms with Crippen LogP contribution in [0.4, 0.5) is 0 Å². The van der Waals surface area contributed by atoms with Gasteiger partial charge in [0.05, 0.1) is 5.52 Å². The molecule has 0 fully saturated rings. The summed E-state index contributed by atoms with van der Waals surface area (Å²) in [5.41, 5.74) is 0.692. The van der Waals surface area contributed by atoms with E-state index in [9.17, 15) is 4.79 Å². The standard InChI is InChI=1S/C14H10N2O4/c17-14(18)13-7-11(20-16-13)8-19-10-4-3-9-2-1-5-15-12(9)6-10/h1-7H,8H2,(H,17,18). The van der Waals surface area contributed by atoms with Crippen LogP contribution >= 0.6 is 0 Å². The molecule has 0 saturated carbocycles. The van der Waals surface area contributed by atoms with E-state index in [-0.39, 0.29) is 12.3 Å². The van der Waals surface area contributed by atoms with Gasteiger partial charge in [0.2, 0.25) is 0 Å². The maximum absolute atomic E-state index is 10.7. The molecule has 0 aliphatic rings. The zero-order valence-electron chi connectivity index (χ0n) is 10.3. The molecule has 0 bridgehead atoms. The minimum Gasteiger partial charge on any atom is -0.485 e. The molecule has 6 nitrogen and oxygen atoms in total. The third-order valence-corrected chi connectivity index (χ3v) is 2.74. The van der Waals surface area contributed by atoms with Crippen molar-refractivity contribution in [2.45, 2.75) is 6.61 Å². The van der Waals surface area contributed by atoms with Crippen molar-refractivity contribution in [1.82, 2.24) is 10.1 Å². The maximum Gasteiger partial charge on any atom is 0.358 e. The molecule has 0 aliphatic carbocycles. The van der Waals surface area contributed by atoms with Crippen LogP contribution in [0.15, 0.2) is 47.1 Å². The van der Waals surface area contributed by atoms with Crippen LogP contribution < -0.4 is 4.74 Å². The molecule has 0 spiro atoms. The zero-order chi connectivity index (χ0) is 13.9. The molecule has 0 unspecified atom stereocenters. The average Bonchev–Trinajstić information content (AvgIpc) is 2.94. The molecule has 0 saturated heterocycles. The molecule has 3 rings (SSSR count). The largest absolute Gasteiger partial charge is 0.485 e. The van der Waals surface area contributed by atoms with Crippen LogP contribution in [0.1, 0.15) is 16.2 Å². The van der Waals surface area contributed by atoms with Gasteiger partial charge in [0, 0.05) is 23.7 Å². The summed E-state index contributed by atoms with van der Waals surface area (Å²) >= 11 is 0. The number of pyridine rings is 1. The molecule has 2 heterocycles. The predicted molar refractivity (Wildman–Crippen MR) is 69.5 cm³/mol. The summed E-state index contributed by atoms with van der Waals surface area (Å²) in [6, 6.07) is 10.7. The molecular formula is C14H10N2O4. The second-order valence-electron chi connectivity index (χ2n) is 4.13. The Kier molecular flexibility index (Phi) is 3.04. The number of hydrogen-bond donors (Lipinski definition) is 1. The summed E-state index contributed by atoms with van der Waals surface area (Å²) in [4.78, 5) is 14.9. The predicted octanol–water partition coefficient (Wildman–Crippen LogP) is 2.50. The topological polar surface area (TPSA) is 85.5 Å². The Morgan fingerprint density at radius 3 is 3.00 bits per heavy atom.